The molecule has 1 aromatic carbocycles. The average Bonchev–Trinajstić information content (AvgIpc) is 2.06. The van der Waals surface area contributed by atoms with Gasteiger partial charge in [0.05, 0.1) is 6.61 Å². The average molecular weight is 165 g/mol. The van der Waals surface area contributed by atoms with Crippen molar-refractivity contribution in [3.8, 4) is 5.75 Å². The third-order valence-corrected chi connectivity index (χ3v) is 1.64. The summed E-state index contributed by atoms with van der Waals surface area (Å²) in [5.74, 6) is 0.934. The molecule has 1 aromatic rings. The summed E-state index contributed by atoms with van der Waals surface area (Å²) >= 11 is 0. The largest absolute Gasteiger partial charge is 0.494 e. The smallest absolute Gasteiger partial charge is 0.119 e. The Morgan fingerprint density at radius 2 is 2.25 bits per heavy atom. The molecule has 0 atom stereocenters. The highest BCUT2D eigenvalue weighted by molar-refractivity contribution is 5.28. The van der Waals surface area contributed by atoms with E-state index in [0.717, 1.165) is 12.2 Å². The van der Waals surface area contributed by atoms with Crippen LogP contribution in [0.15, 0.2) is 24.3 Å². The third kappa shape index (κ3) is 2.55. The minimum absolute atomic E-state index is 0.690. The maximum atomic E-state index is 5.44. The normalized spacial score (nSPS) is 9.83. The quantitative estimate of drug-likeness (QED) is 0.735. The highest BCUT2D eigenvalue weighted by Gasteiger charge is 1.94. The molecular formula is C10H15NO. The van der Waals surface area contributed by atoms with Crippen molar-refractivity contribution in [1.29, 1.82) is 0 Å². The first-order valence-corrected chi connectivity index (χ1v) is 4.28. The molecule has 0 aliphatic carbocycles. The molecule has 0 fully saturated rings. The molecule has 0 aliphatic rings. The summed E-state index contributed by atoms with van der Waals surface area (Å²) in [6.07, 6.45) is 0.918. The Kier molecular flexibility index (Phi) is 3.61. The summed E-state index contributed by atoms with van der Waals surface area (Å²) in [7, 11) is 0. The highest BCUT2D eigenvalue weighted by atomic mass is 16.5. The Bertz CT molecular complexity index is 214. The predicted molar refractivity (Wildman–Crippen MR) is 50.4 cm³/mol. The van der Waals surface area contributed by atoms with Crippen molar-refractivity contribution in [2.45, 2.75) is 13.3 Å². The zero-order valence-corrected chi connectivity index (χ0v) is 7.42. The van der Waals surface area contributed by atoms with Crippen LogP contribution < -0.4 is 10.5 Å². The summed E-state index contributed by atoms with van der Waals surface area (Å²) in [5, 5.41) is 0. The van der Waals surface area contributed by atoms with Crippen LogP contribution in [0.3, 0.4) is 0 Å². The van der Waals surface area contributed by atoms with Gasteiger partial charge in [0, 0.05) is 0 Å². The lowest BCUT2D eigenvalue weighted by Crippen LogP contribution is -2.02. The number of benzene rings is 1. The van der Waals surface area contributed by atoms with E-state index in [2.05, 4.69) is 6.07 Å². The second-order valence-electron chi connectivity index (χ2n) is 2.62. The highest BCUT2D eigenvalue weighted by Crippen LogP contribution is 2.12. The molecule has 0 bridgehead atoms. The number of hydrogen-bond donors (Lipinski definition) is 1. The van der Waals surface area contributed by atoms with E-state index in [4.69, 9.17) is 10.5 Å². The Labute approximate surface area is 73.3 Å². The molecule has 12 heavy (non-hydrogen) atoms. The van der Waals surface area contributed by atoms with Gasteiger partial charge in [0.25, 0.3) is 0 Å². The molecule has 2 N–H and O–H groups in total. The van der Waals surface area contributed by atoms with Crippen molar-refractivity contribution in [3.63, 3.8) is 0 Å². The van der Waals surface area contributed by atoms with Gasteiger partial charge in [-0.3, -0.25) is 0 Å². The van der Waals surface area contributed by atoms with Crippen molar-refractivity contribution < 1.29 is 4.74 Å². The number of hydrogen-bond acceptors (Lipinski definition) is 2. The zero-order valence-electron chi connectivity index (χ0n) is 7.42. The molecule has 0 aromatic heterocycles. The zero-order chi connectivity index (χ0) is 8.81. The van der Waals surface area contributed by atoms with Crippen LogP contribution in [0.25, 0.3) is 0 Å². The Morgan fingerprint density at radius 3 is 2.92 bits per heavy atom. The van der Waals surface area contributed by atoms with Crippen molar-refractivity contribution in [2.75, 3.05) is 13.2 Å². The van der Waals surface area contributed by atoms with Gasteiger partial charge in [0.15, 0.2) is 0 Å². The van der Waals surface area contributed by atoms with Gasteiger partial charge in [-0.2, -0.15) is 0 Å². The standard InChI is InChI=1S/C10H15NO/c1-2-12-10-5-3-4-9(8-10)6-7-11/h3-5,8H,2,6-7,11H2,1H3. The molecule has 2 nitrogen and oxygen atoms in total. The molecule has 0 saturated heterocycles. The van der Waals surface area contributed by atoms with Gasteiger partial charge in [-0.25, -0.2) is 0 Å². The fraction of sp³-hybridized carbons (Fsp3) is 0.400. The monoisotopic (exact) mass is 165 g/mol. The van der Waals surface area contributed by atoms with Gasteiger partial charge >= 0.3 is 0 Å². The summed E-state index contributed by atoms with van der Waals surface area (Å²) in [6, 6.07) is 8.06. The maximum Gasteiger partial charge on any atom is 0.119 e. The first-order valence-electron chi connectivity index (χ1n) is 4.28. The van der Waals surface area contributed by atoms with Gasteiger partial charge < -0.3 is 10.5 Å². The molecule has 66 valence electrons. The van der Waals surface area contributed by atoms with Crippen LogP contribution in [-0.2, 0) is 6.42 Å². The third-order valence-electron chi connectivity index (χ3n) is 1.64. The van der Waals surface area contributed by atoms with Crippen LogP contribution in [0.4, 0.5) is 0 Å². The molecule has 1 rings (SSSR count). The van der Waals surface area contributed by atoms with Crippen molar-refractivity contribution in [3.05, 3.63) is 29.8 Å². The Morgan fingerprint density at radius 1 is 1.42 bits per heavy atom. The minimum atomic E-state index is 0.690. The van der Waals surface area contributed by atoms with Gasteiger partial charge in [-0.1, -0.05) is 12.1 Å². The van der Waals surface area contributed by atoms with E-state index in [9.17, 15) is 0 Å². The SMILES string of the molecule is CCOc1cccc(CCN)c1. The van der Waals surface area contributed by atoms with Gasteiger partial charge in [-0.15, -0.1) is 0 Å². The second kappa shape index (κ2) is 4.78. The predicted octanol–water partition coefficient (Wildman–Crippen LogP) is 1.59. The van der Waals surface area contributed by atoms with E-state index >= 15 is 0 Å². The summed E-state index contributed by atoms with van der Waals surface area (Å²) in [4.78, 5) is 0. The molecule has 0 radical (unpaired) electrons. The number of nitrogens with two attached hydrogens (primary N) is 1. The van der Waals surface area contributed by atoms with Crippen LogP contribution in [0.2, 0.25) is 0 Å². The molecular weight excluding hydrogens is 150 g/mol. The maximum absolute atomic E-state index is 5.44. The van der Waals surface area contributed by atoms with E-state index in [1.54, 1.807) is 0 Å². The number of rotatable bonds is 4. The minimum Gasteiger partial charge on any atom is -0.494 e. The summed E-state index contributed by atoms with van der Waals surface area (Å²) < 4.78 is 5.35. The van der Waals surface area contributed by atoms with E-state index in [0.29, 0.717) is 13.2 Å². The van der Waals surface area contributed by atoms with Crippen LogP contribution in [0, 0.1) is 0 Å². The van der Waals surface area contributed by atoms with Crippen LogP contribution in [0.5, 0.6) is 5.75 Å². The fourth-order valence-corrected chi connectivity index (χ4v) is 1.12. The van der Waals surface area contributed by atoms with E-state index < -0.39 is 0 Å². The molecule has 0 heterocycles. The van der Waals surface area contributed by atoms with E-state index in [1.807, 2.05) is 25.1 Å². The van der Waals surface area contributed by atoms with Gasteiger partial charge in [-0.05, 0) is 37.6 Å². The van der Waals surface area contributed by atoms with Crippen molar-refractivity contribution >= 4 is 0 Å². The molecule has 0 saturated carbocycles. The summed E-state index contributed by atoms with van der Waals surface area (Å²) in [5.41, 5.74) is 6.68. The van der Waals surface area contributed by atoms with E-state index in [1.165, 1.54) is 5.56 Å². The fourth-order valence-electron chi connectivity index (χ4n) is 1.12. The van der Waals surface area contributed by atoms with Crippen molar-refractivity contribution in [2.24, 2.45) is 5.73 Å². The summed E-state index contributed by atoms with van der Waals surface area (Å²) in [6.45, 7) is 3.39. The topological polar surface area (TPSA) is 35.2 Å². The van der Waals surface area contributed by atoms with Crippen LogP contribution in [0.1, 0.15) is 12.5 Å². The first-order chi connectivity index (χ1) is 5.86. The van der Waals surface area contributed by atoms with E-state index in [-0.39, 0.29) is 0 Å². The second-order valence-corrected chi connectivity index (χ2v) is 2.62. The number of ether oxygens (including phenoxy) is 1. The Balaban J connectivity index is 2.67. The molecule has 0 spiro atoms. The first kappa shape index (κ1) is 9.07. The molecule has 0 aliphatic heterocycles. The lowest BCUT2D eigenvalue weighted by molar-refractivity contribution is 0.340. The lowest BCUT2D eigenvalue weighted by Gasteiger charge is -2.04. The van der Waals surface area contributed by atoms with Gasteiger partial charge in [0.2, 0.25) is 0 Å². The van der Waals surface area contributed by atoms with Crippen LogP contribution >= 0.6 is 0 Å². The Hall–Kier alpha value is -1.02. The van der Waals surface area contributed by atoms with Gasteiger partial charge in [0.1, 0.15) is 5.75 Å². The lowest BCUT2D eigenvalue weighted by atomic mass is 10.1. The molecule has 2 heteroatoms. The van der Waals surface area contributed by atoms with Crippen molar-refractivity contribution in [1.82, 2.24) is 0 Å². The van der Waals surface area contributed by atoms with Crippen LogP contribution in [-0.4, -0.2) is 13.2 Å². The molecule has 0 unspecified atom stereocenters. The molecule has 0 amide bonds.